The van der Waals surface area contributed by atoms with E-state index in [1.54, 1.807) is 7.11 Å². The second-order valence-electron chi connectivity index (χ2n) is 3.26. The maximum atomic E-state index is 8.44. The molecular weight excluding hydrogens is 212 g/mol. The van der Waals surface area contributed by atoms with Crippen LogP contribution in [0.15, 0.2) is 0 Å². The fourth-order valence-corrected chi connectivity index (χ4v) is 1.06. The van der Waals surface area contributed by atoms with Crippen molar-refractivity contribution < 1.29 is 24.1 Å². The van der Waals surface area contributed by atoms with Gasteiger partial charge in [-0.15, -0.1) is 0 Å². The van der Waals surface area contributed by atoms with Crippen LogP contribution in [0.25, 0.3) is 0 Å². The Morgan fingerprint density at radius 1 is 0.688 bits per heavy atom. The molecule has 0 aliphatic heterocycles. The Balaban J connectivity index is 2.83. The third-order valence-electron chi connectivity index (χ3n) is 1.82. The Bertz CT molecular complexity index is 107. The number of rotatable bonds is 13. The molecule has 0 atom stereocenters. The van der Waals surface area contributed by atoms with Crippen LogP contribution in [0.2, 0.25) is 0 Å². The van der Waals surface area contributed by atoms with Gasteiger partial charge >= 0.3 is 0 Å². The summed E-state index contributed by atoms with van der Waals surface area (Å²) in [6.07, 6.45) is 1.83. The first-order valence-electron chi connectivity index (χ1n) is 5.75. The van der Waals surface area contributed by atoms with Crippen LogP contribution in [-0.2, 0) is 18.9 Å². The topological polar surface area (TPSA) is 57.2 Å². The van der Waals surface area contributed by atoms with Crippen LogP contribution < -0.4 is 0 Å². The average Bonchev–Trinajstić information content (AvgIpc) is 2.31. The Hall–Kier alpha value is -0.200. The van der Waals surface area contributed by atoms with Crippen LogP contribution in [0.1, 0.15) is 12.8 Å². The van der Waals surface area contributed by atoms with E-state index in [2.05, 4.69) is 0 Å². The van der Waals surface area contributed by atoms with Crippen molar-refractivity contribution >= 4 is 0 Å². The van der Waals surface area contributed by atoms with E-state index in [4.69, 9.17) is 24.1 Å². The normalized spacial score (nSPS) is 10.9. The van der Waals surface area contributed by atoms with Crippen molar-refractivity contribution in [3.05, 3.63) is 0 Å². The Morgan fingerprint density at radius 3 is 1.75 bits per heavy atom. The highest BCUT2D eigenvalue weighted by atomic mass is 16.5. The van der Waals surface area contributed by atoms with Crippen LogP contribution in [0.4, 0.5) is 0 Å². The standard InChI is InChI=1S/C11H24O5/c1-13-5-2-6-14-7-3-8-15-10-11-16-9-4-12/h12H,2-11H2,1H3. The first kappa shape index (κ1) is 15.8. The van der Waals surface area contributed by atoms with E-state index < -0.39 is 0 Å². The number of aliphatic hydroxyl groups excluding tert-OH is 1. The van der Waals surface area contributed by atoms with Gasteiger partial charge in [-0.25, -0.2) is 0 Å². The number of aliphatic hydroxyl groups is 1. The molecule has 98 valence electrons. The molecule has 0 rings (SSSR count). The van der Waals surface area contributed by atoms with Crippen LogP contribution in [0.3, 0.4) is 0 Å². The lowest BCUT2D eigenvalue weighted by Crippen LogP contribution is -2.09. The molecule has 0 radical (unpaired) electrons. The highest BCUT2D eigenvalue weighted by Crippen LogP contribution is 1.88. The van der Waals surface area contributed by atoms with Gasteiger partial charge < -0.3 is 24.1 Å². The predicted octanol–water partition coefficient (Wildman–Crippen LogP) is 0.455. The molecule has 0 unspecified atom stereocenters. The lowest BCUT2D eigenvalue weighted by atomic mass is 10.4. The van der Waals surface area contributed by atoms with Crippen LogP contribution in [0, 0.1) is 0 Å². The van der Waals surface area contributed by atoms with Gasteiger partial charge in [0.25, 0.3) is 0 Å². The van der Waals surface area contributed by atoms with E-state index in [-0.39, 0.29) is 6.61 Å². The van der Waals surface area contributed by atoms with Gasteiger partial charge in [-0.05, 0) is 12.8 Å². The first-order chi connectivity index (χ1) is 7.91. The largest absolute Gasteiger partial charge is 0.394 e. The second kappa shape index (κ2) is 14.8. The molecule has 16 heavy (non-hydrogen) atoms. The van der Waals surface area contributed by atoms with Gasteiger partial charge in [-0.1, -0.05) is 0 Å². The van der Waals surface area contributed by atoms with Gasteiger partial charge in [0.2, 0.25) is 0 Å². The number of methoxy groups -OCH3 is 1. The summed E-state index contributed by atoms with van der Waals surface area (Å²) in [5, 5.41) is 8.44. The molecule has 0 spiro atoms. The summed E-state index contributed by atoms with van der Waals surface area (Å²) in [5.74, 6) is 0. The number of hydrogen-bond donors (Lipinski definition) is 1. The van der Waals surface area contributed by atoms with Crippen molar-refractivity contribution in [1.29, 1.82) is 0 Å². The molecule has 0 fully saturated rings. The van der Waals surface area contributed by atoms with Crippen molar-refractivity contribution in [2.24, 2.45) is 0 Å². The summed E-state index contributed by atoms with van der Waals surface area (Å²) in [5.41, 5.74) is 0. The average molecular weight is 236 g/mol. The van der Waals surface area contributed by atoms with E-state index in [1.165, 1.54) is 0 Å². The van der Waals surface area contributed by atoms with Crippen molar-refractivity contribution in [2.45, 2.75) is 12.8 Å². The molecule has 0 saturated carbocycles. The Kier molecular flexibility index (Phi) is 14.6. The zero-order valence-corrected chi connectivity index (χ0v) is 10.2. The second-order valence-corrected chi connectivity index (χ2v) is 3.26. The molecule has 5 nitrogen and oxygen atoms in total. The SMILES string of the molecule is COCCCOCCCOCCOCCO. The van der Waals surface area contributed by atoms with Crippen LogP contribution in [-0.4, -0.2) is 65.1 Å². The molecule has 0 heterocycles. The summed E-state index contributed by atoms with van der Waals surface area (Å²) < 4.78 is 20.6. The molecule has 0 aromatic heterocycles. The van der Waals surface area contributed by atoms with Crippen molar-refractivity contribution in [1.82, 2.24) is 0 Å². The maximum absolute atomic E-state index is 8.44. The van der Waals surface area contributed by atoms with Gasteiger partial charge in [0.15, 0.2) is 0 Å². The minimum atomic E-state index is 0.0648. The molecule has 0 aromatic rings. The number of hydrogen-bond acceptors (Lipinski definition) is 5. The zero-order valence-electron chi connectivity index (χ0n) is 10.2. The highest BCUT2D eigenvalue weighted by molar-refractivity contribution is 4.38. The summed E-state index contributed by atoms with van der Waals surface area (Å²) in [6, 6.07) is 0. The van der Waals surface area contributed by atoms with Gasteiger partial charge in [0.1, 0.15) is 0 Å². The lowest BCUT2D eigenvalue weighted by molar-refractivity contribution is 0.0236. The first-order valence-corrected chi connectivity index (χ1v) is 5.75. The van der Waals surface area contributed by atoms with E-state index in [9.17, 15) is 0 Å². The van der Waals surface area contributed by atoms with Gasteiger partial charge in [-0.2, -0.15) is 0 Å². The summed E-state index contributed by atoms with van der Waals surface area (Å²) in [7, 11) is 1.69. The molecule has 0 saturated heterocycles. The molecule has 0 amide bonds. The maximum Gasteiger partial charge on any atom is 0.0701 e. The molecule has 5 heteroatoms. The van der Waals surface area contributed by atoms with Gasteiger partial charge in [-0.3, -0.25) is 0 Å². The van der Waals surface area contributed by atoms with Crippen LogP contribution in [0.5, 0.6) is 0 Å². The van der Waals surface area contributed by atoms with Crippen molar-refractivity contribution in [3.8, 4) is 0 Å². The number of ether oxygens (including phenoxy) is 4. The third kappa shape index (κ3) is 13.8. The fraction of sp³-hybridized carbons (Fsp3) is 1.00. The molecule has 0 aliphatic rings. The van der Waals surface area contributed by atoms with Gasteiger partial charge in [0, 0.05) is 33.5 Å². The van der Waals surface area contributed by atoms with Crippen molar-refractivity contribution in [2.75, 3.05) is 60.0 Å². The summed E-state index contributed by atoms with van der Waals surface area (Å²) in [4.78, 5) is 0. The van der Waals surface area contributed by atoms with Crippen molar-refractivity contribution in [3.63, 3.8) is 0 Å². The highest BCUT2D eigenvalue weighted by Gasteiger charge is 1.92. The summed E-state index contributed by atoms with van der Waals surface area (Å²) >= 11 is 0. The minimum Gasteiger partial charge on any atom is -0.394 e. The lowest BCUT2D eigenvalue weighted by Gasteiger charge is -2.05. The van der Waals surface area contributed by atoms with E-state index in [0.29, 0.717) is 26.4 Å². The van der Waals surface area contributed by atoms with E-state index >= 15 is 0 Å². The monoisotopic (exact) mass is 236 g/mol. The van der Waals surface area contributed by atoms with Gasteiger partial charge in [0.05, 0.1) is 26.4 Å². The smallest absolute Gasteiger partial charge is 0.0701 e. The summed E-state index contributed by atoms with van der Waals surface area (Å²) in [6.45, 7) is 4.46. The van der Waals surface area contributed by atoms with Crippen LogP contribution >= 0.6 is 0 Å². The Morgan fingerprint density at radius 2 is 1.19 bits per heavy atom. The molecular formula is C11H24O5. The molecule has 0 aromatic carbocycles. The Labute approximate surface area is 97.6 Å². The molecule has 0 aliphatic carbocycles. The zero-order chi connectivity index (χ0) is 11.9. The van der Waals surface area contributed by atoms with E-state index in [0.717, 1.165) is 32.7 Å². The van der Waals surface area contributed by atoms with E-state index in [1.807, 2.05) is 0 Å². The molecule has 1 N–H and O–H groups in total. The third-order valence-corrected chi connectivity index (χ3v) is 1.82. The fourth-order valence-electron chi connectivity index (χ4n) is 1.06. The minimum absolute atomic E-state index is 0.0648. The molecule has 0 bridgehead atoms. The predicted molar refractivity (Wildman–Crippen MR) is 60.7 cm³/mol. The quantitative estimate of drug-likeness (QED) is 0.471.